The first-order valence-corrected chi connectivity index (χ1v) is 8.03. The molecular weight excluding hydrogens is 292 g/mol. The third-order valence-electron chi connectivity index (χ3n) is 3.55. The van der Waals surface area contributed by atoms with E-state index in [-0.39, 0.29) is 11.9 Å². The third-order valence-corrected chi connectivity index (χ3v) is 5.07. The van der Waals surface area contributed by atoms with Crippen LogP contribution in [-0.2, 0) is 4.74 Å². The second-order valence-electron chi connectivity index (χ2n) is 5.08. The van der Waals surface area contributed by atoms with Crippen LogP contribution in [0.4, 0.5) is 0 Å². The number of aromatic hydroxyl groups is 1. The summed E-state index contributed by atoms with van der Waals surface area (Å²) in [6, 6.07) is 0. The minimum atomic E-state index is 0.144. The summed E-state index contributed by atoms with van der Waals surface area (Å²) in [5.41, 5.74) is 0. The van der Waals surface area contributed by atoms with Crippen molar-refractivity contribution in [2.45, 2.75) is 45.1 Å². The molecule has 0 saturated heterocycles. The van der Waals surface area contributed by atoms with Crippen molar-refractivity contribution in [2.75, 3.05) is 0 Å². The smallest absolute Gasteiger partial charge is 0.205 e. The average Bonchev–Trinajstić information content (AvgIpc) is 2.76. The topological polar surface area (TPSA) is 55.2 Å². The van der Waals surface area contributed by atoms with Crippen molar-refractivity contribution in [1.29, 1.82) is 0 Å². The van der Waals surface area contributed by atoms with Gasteiger partial charge >= 0.3 is 0 Å². The summed E-state index contributed by atoms with van der Waals surface area (Å²) in [6.07, 6.45) is 7.57. The van der Waals surface area contributed by atoms with Crippen LogP contribution in [0.2, 0.25) is 0 Å². The lowest BCUT2D eigenvalue weighted by Crippen LogP contribution is -2.19. The highest BCUT2D eigenvalue weighted by Gasteiger charge is 2.22. The van der Waals surface area contributed by atoms with E-state index in [0.717, 1.165) is 17.7 Å². The fraction of sp³-hybridized carbons (Fsp3) is 0.500. The van der Waals surface area contributed by atoms with Crippen molar-refractivity contribution >= 4 is 38.8 Å². The van der Waals surface area contributed by atoms with Crippen LogP contribution in [0.5, 0.6) is 5.75 Å². The van der Waals surface area contributed by atoms with Gasteiger partial charge in [0.2, 0.25) is 5.05 Å². The van der Waals surface area contributed by atoms with Crippen LogP contribution in [0.1, 0.15) is 42.8 Å². The molecule has 1 aliphatic carbocycles. The average molecular weight is 308 g/mol. The van der Waals surface area contributed by atoms with Crippen molar-refractivity contribution in [3.63, 3.8) is 0 Å². The first kappa shape index (κ1) is 13.7. The van der Waals surface area contributed by atoms with Crippen LogP contribution in [0.15, 0.2) is 6.20 Å². The van der Waals surface area contributed by atoms with Gasteiger partial charge in [-0.05, 0) is 44.8 Å². The fourth-order valence-electron chi connectivity index (χ4n) is 2.48. The van der Waals surface area contributed by atoms with Gasteiger partial charge < -0.3 is 9.84 Å². The summed E-state index contributed by atoms with van der Waals surface area (Å²) in [6.45, 7) is 1.83. The Kier molecular flexibility index (Phi) is 3.85. The summed E-state index contributed by atoms with van der Waals surface area (Å²) in [5, 5.41) is 11.3. The van der Waals surface area contributed by atoms with Gasteiger partial charge in [-0.2, -0.15) is 0 Å². The Balaban J connectivity index is 1.85. The second-order valence-corrected chi connectivity index (χ2v) is 6.45. The van der Waals surface area contributed by atoms with Crippen LogP contribution in [0.3, 0.4) is 0 Å². The lowest BCUT2D eigenvalue weighted by molar-refractivity contribution is 0.148. The number of aromatic nitrogens is 2. The van der Waals surface area contributed by atoms with Crippen LogP contribution in [0, 0.1) is 6.92 Å². The Morgan fingerprint density at radius 1 is 1.40 bits per heavy atom. The Morgan fingerprint density at radius 2 is 2.15 bits per heavy atom. The van der Waals surface area contributed by atoms with E-state index in [4.69, 9.17) is 17.0 Å². The standard InChI is InChI=1S/C14H16N2O2S2/c1-8-15-7-10-11(17)12(20-13(10)16-8)14(19)18-9-5-3-2-4-6-9/h7,9,17H,2-6H2,1H3. The minimum absolute atomic E-state index is 0.144. The fourth-order valence-corrected chi connectivity index (χ4v) is 3.81. The summed E-state index contributed by atoms with van der Waals surface area (Å²) >= 11 is 6.71. The van der Waals surface area contributed by atoms with E-state index in [9.17, 15) is 5.11 Å². The van der Waals surface area contributed by atoms with E-state index in [2.05, 4.69) is 9.97 Å². The Labute approximate surface area is 126 Å². The molecule has 1 aliphatic rings. The van der Waals surface area contributed by atoms with Gasteiger partial charge in [0, 0.05) is 6.20 Å². The molecule has 0 unspecified atom stereocenters. The van der Waals surface area contributed by atoms with Crippen molar-refractivity contribution in [1.82, 2.24) is 9.97 Å². The van der Waals surface area contributed by atoms with E-state index in [1.165, 1.54) is 30.6 Å². The molecule has 1 N–H and O–H groups in total. The van der Waals surface area contributed by atoms with Gasteiger partial charge in [-0.25, -0.2) is 9.97 Å². The van der Waals surface area contributed by atoms with Gasteiger partial charge in [-0.3, -0.25) is 0 Å². The Morgan fingerprint density at radius 3 is 2.90 bits per heavy atom. The van der Waals surface area contributed by atoms with Crippen molar-refractivity contribution < 1.29 is 9.84 Å². The van der Waals surface area contributed by atoms with Gasteiger partial charge in [-0.1, -0.05) is 6.42 Å². The molecule has 0 amide bonds. The number of rotatable bonds is 2. The van der Waals surface area contributed by atoms with Gasteiger partial charge in [0.1, 0.15) is 21.3 Å². The van der Waals surface area contributed by atoms with E-state index in [0.29, 0.717) is 21.1 Å². The molecule has 1 saturated carbocycles. The summed E-state index contributed by atoms with van der Waals surface area (Å²) in [7, 11) is 0. The SMILES string of the molecule is Cc1ncc2c(O)c(C(=S)OC3CCCCC3)sc2n1. The predicted molar refractivity (Wildman–Crippen MR) is 83.5 cm³/mol. The molecule has 0 aliphatic heterocycles. The molecular formula is C14H16N2O2S2. The lowest BCUT2D eigenvalue weighted by atomic mass is 9.98. The Hall–Kier alpha value is -1.27. The zero-order valence-electron chi connectivity index (χ0n) is 11.3. The number of thiophene rings is 1. The van der Waals surface area contributed by atoms with E-state index < -0.39 is 0 Å². The van der Waals surface area contributed by atoms with Crippen LogP contribution in [-0.4, -0.2) is 26.2 Å². The van der Waals surface area contributed by atoms with E-state index in [1.807, 2.05) is 6.92 Å². The van der Waals surface area contributed by atoms with Crippen LogP contribution >= 0.6 is 23.6 Å². The quantitative estimate of drug-likeness (QED) is 0.857. The molecule has 1 fully saturated rings. The molecule has 0 atom stereocenters. The van der Waals surface area contributed by atoms with E-state index >= 15 is 0 Å². The van der Waals surface area contributed by atoms with Gasteiger partial charge in [-0.15, -0.1) is 11.3 Å². The molecule has 6 heteroatoms. The zero-order valence-corrected chi connectivity index (χ0v) is 12.9. The number of nitrogens with zero attached hydrogens (tertiary/aromatic N) is 2. The zero-order chi connectivity index (χ0) is 14.1. The molecule has 0 aromatic carbocycles. The number of fused-ring (bicyclic) bond motifs is 1. The van der Waals surface area contributed by atoms with Gasteiger partial charge in [0.25, 0.3) is 0 Å². The van der Waals surface area contributed by atoms with Gasteiger partial charge in [0.05, 0.1) is 11.5 Å². The normalized spacial score (nSPS) is 16.4. The summed E-state index contributed by atoms with van der Waals surface area (Å²) in [4.78, 5) is 9.77. The maximum absolute atomic E-state index is 10.2. The van der Waals surface area contributed by atoms with E-state index in [1.54, 1.807) is 6.20 Å². The first-order valence-electron chi connectivity index (χ1n) is 6.81. The molecule has 106 valence electrons. The Bertz CT molecular complexity index is 648. The second kappa shape index (κ2) is 5.61. The monoisotopic (exact) mass is 308 g/mol. The molecule has 0 spiro atoms. The number of thiocarbonyl (C=S) groups is 1. The molecule has 2 aromatic rings. The van der Waals surface area contributed by atoms with Crippen molar-refractivity contribution in [2.24, 2.45) is 0 Å². The number of ether oxygens (including phenoxy) is 1. The highest BCUT2D eigenvalue weighted by molar-refractivity contribution is 7.80. The third kappa shape index (κ3) is 2.62. The van der Waals surface area contributed by atoms with Crippen LogP contribution in [0.25, 0.3) is 10.2 Å². The minimum Gasteiger partial charge on any atom is -0.505 e. The predicted octanol–water partition coefficient (Wildman–Crippen LogP) is 3.73. The first-order chi connectivity index (χ1) is 9.65. The summed E-state index contributed by atoms with van der Waals surface area (Å²) in [5.74, 6) is 0.829. The molecule has 2 aromatic heterocycles. The number of hydrogen-bond donors (Lipinski definition) is 1. The van der Waals surface area contributed by atoms with Crippen molar-refractivity contribution in [3.8, 4) is 5.75 Å². The molecule has 20 heavy (non-hydrogen) atoms. The maximum Gasteiger partial charge on any atom is 0.205 e. The largest absolute Gasteiger partial charge is 0.505 e. The molecule has 3 rings (SSSR count). The maximum atomic E-state index is 10.2. The number of hydrogen-bond acceptors (Lipinski definition) is 6. The van der Waals surface area contributed by atoms with Crippen molar-refractivity contribution in [3.05, 3.63) is 16.9 Å². The molecule has 4 nitrogen and oxygen atoms in total. The highest BCUT2D eigenvalue weighted by atomic mass is 32.1. The molecule has 2 heterocycles. The lowest BCUT2D eigenvalue weighted by Gasteiger charge is -2.22. The summed E-state index contributed by atoms with van der Waals surface area (Å²) < 4.78 is 5.85. The molecule has 0 radical (unpaired) electrons. The van der Waals surface area contributed by atoms with Gasteiger partial charge in [0.15, 0.2) is 0 Å². The molecule has 0 bridgehead atoms. The highest BCUT2D eigenvalue weighted by Crippen LogP contribution is 2.36. The van der Waals surface area contributed by atoms with Crippen LogP contribution < -0.4 is 0 Å². The number of aryl methyl sites for hydroxylation is 1.